The van der Waals surface area contributed by atoms with E-state index in [0.717, 1.165) is 12.3 Å². The molecule has 0 bridgehead atoms. The summed E-state index contributed by atoms with van der Waals surface area (Å²) in [5.41, 5.74) is 5.52. The molecule has 0 saturated carbocycles. The summed E-state index contributed by atoms with van der Waals surface area (Å²) in [6, 6.07) is 9.49. The van der Waals surface area contributed by atoms with Gasteiger partial charge in [0.05, 0.1) is 22.9 Å². The van der Waals surface area contributed by atoms with Crippen LogP contribution in [0.3, 0.4) is 0 Å². The molecule has 2 N–H and O–H groups in total. The molecule has 1 aromatic carbocycles. The summed E-state index contributed by atoms with van der Waals surface area (Å²) in [7, 11) is 0. The van der Waals surface area contributed by atoms with E-state index in [1.54, 1.807) is 12.1 Å². The van der Waals surface area contributed by atoms with Crippen molar-refractivity contribution in [2.45, 2.75) is 11.2 Å². The number of anilines is 1. The molecule has 2 rings (SSSR count). The van der Waals surface area contributed by atoms with Crippen LogP contribution < -0.4 is 10.5 Å². The smallest absolute Gasteiger partial charge is 0.417 e. The van der Waals surface area contributed by atoms with Gasteiger partial charge in [-0.25, -0.2) is 4.98 Å². The second kappa shape index (κ2) is 6.71. The van der Waals surface area contributed by atoms with Crippen LogP contribution in [0.2, 0.25) is 0 Å². The van der Waals surface area contributed by atoms with Crippen LogP contribution in [0.15, 0.2) is 47.6 Å². The summed E-state index contributed by atoms with van der Waals surface area (Å²) in [4.78, 5) is 3.77. The molecule has 0 aliphatic rings. The van der Waals surface area contributed by atoms with Crippen molar-refractivity contribution < 1.29 is 17.9 Å². The maximum Gasteiger partial charge on any atom is 0.417 e. The molecule has 0 amide bonds. The lowest BCUT2D eigenvalue weighted by Crippen LogP contribution is -2.05. The molecule has 1 aromatic heterocycles. The summed E-state index contributed by atoms with van der Waals surface area (Å²) < 4.78 is 42.6. The maximum absolute atomic E-state index is 12.4. The highest BCUT2D eigenvalue weighted by Crippen LogP contribution is 2.29. The Balaban J connectivity index is 1.80. The van der Waals surface area contributed by atoms with E-state index < -0.39 is 11.7 Å². The van der Waals surface area contributed by atoms with Gasteiger partial charge in [0.1, 0.15) is 5.75 Å². The molecule has 0 saturated heterocycles. The number of para-hydroxylation sites is 2. The Labute approximate surface area is 124 Å². The lowest BCUT2D eigenvalue weighted by Gasteiger charge is -2.09. The third-order valence-corrected chi connectivity index (χ3v) is 3.48. The van der Waals surface area contributed by atoms with E-state index in [-0.39, 0.29) is 0 Å². The van der Waals surface area contributed by atoms with Crippen LogP contribution in [0.4, 0.5) is 18.9 Å². The molecule has 0 spiro atoms. The zero-order valence-electron chi connectivity index (χ0n) is 10.9. The van der Waals surface area contributed by atoms with Gasteiger partial charge in [-0.05, 0) is 24.3 Å². The lowest BCUT2D eigenvalue weighted by molar-refractivity contribution is -0.137. The highest BCUT2D eigenvalue weighted by atomic mass is 32.2. The van der Waals surface area contributed by atoms with Gasteiger partial charge in [-0.15, -0.1) is 11.8 Å². The van der Waals surface area contributed by atoms with Crippen LogP contribution >= 0.6 is 11.8 Å². The monoisotopic (exact) mass is 314 g/mol. The fraction of sp³-hybridized carbons (Fsp3) is 0.214. The Morgan fingerprint density at radius 3 is 2.52 bits per heavy atom. The van der Waals surface area contributed by atoms with E-state index in [1.165, 1.54) is 17.8 Å². The van der Waals surface area contributed by atoms with Crippen LogP contribution in [0.1, 0.15) is 5.56 Å². The average Bonchev–Trinajstić information content (AvgIpc) is 2.45. The molecule has 0 aliphatic carbocycles. The second-order valence-electron chi connectivity index (χ2n) is 4.12. The fourth-order valence-corrected chi connectivity index (χ4v) is 2.21. The van der Waals surface area contributed by atoms with Crippen LogP contribution in [0, 0.1) is 0 Å². The van der Waals surface area contributed by atoms with Crippen molar-refractivity contribution in [1.82, 2.24) is 4.98 Å². The first-order valence-corrected chi connectivity index (χ1v) is 7.09. The van der Waals surface area contributed by atoms with Crippen LogP contribution in [-0.2, 0) is 6.18 Å². The number of halogens is 3. The minimum atomic E-state index is -4.36. The topological polar surface area (TPSA) is 48.1 Å². The predicted molar refractivity (Wildman–Crippen MR) is 76.3 cm³/mol. The molecule has 21 heavy (non-hydrogen) atoms. The number of rotatable bonds is 5. The normalized spacial score (nSPS) is 11.4. The molecular weight excluding hydrogens is 301 g/mol. The molecule has 3 nitrogen and oxygen atoms in total. The van der Waals surface area contributed by atoms with Gasteiger partial charge in [0.25, 0.3) is 0 Å². The van der Waals surface area contributed by atoms with Crippen molar-refractivity contribution in [2.24, 2.45) is 0 Å². The van der Waals surface area contributed by atoms with Gasteiger partial charge in [-0.2, -0.15) is 13.2 Å². The standard InChI is InChI=1S/C14H13F3N2OS/c15-14(16,17)10-5-6-13(19-9-10)21-8-7-20-12-4-2-1-3-11(12)18/h1-6,9H,7-8,18H2. The van der Waals surface area contributed by atoms with Crippen molar-refractivity contribution in [3.8, 4) is 5.75 Å². The van der Waals surface area contributed by atoms with Gasteiger partial charge >= 0.3 is 6.18 Å². The number of aromatic nitrogens is 1. The van der Waals surface area contributed by atoms with Gasteiger partial charge in [0.2, 0.25) is 0 Å². The Kier molecular flexibility index (Phi) is 4.95. The van der Waals surface area contributed by atoms with Gasteiger partial charge in [0.15, 0.2) is 0 Å². The quantitative estimate of drug-likeness (QED) is 0.517. The average molecular weight is 314 g/mol. The number of nitrogens with zero attached hydrogens (tertiary/aromatic N) is 1. The van der Waals surface area contributed by atoms with Gasteiger partial charge < -0.3 is 10.5 Å². The number of hydrogen-bond donors (Lipinski definition) is 1. The third kappa shape index (κ3) is 4.56. The van der Waals surface area contributed by atoms with Crippen molar-refractivity contribution in [3.05, 3.63) is 48.2 Å². The van der Waals surface area contributed by atoms with Crippen LogP contribution in [0.25, 0.3) is 0 Å². The highest BCUT2D eigenvalue weighted by Gasteiger charge is 2.30. The van der Waals surface area contributed by atoms with Crippen LogP contribution in [-0.4, -0.2) is 17.3 Å². The van der Waals surface area contributed by atoms with E-state index in [0.29, 0.717) is 28.8 Å². The largest absolute Gasteiger partial charge is 0.491 e. The molecule has 0 unspecified atom stereocenters. The lowest BCUT2D eigenvalue weighted by atomic mass is 10.3. The first-order valence-electron chi connectivity index (χ1n) is 6.10. The Morgan fingerprint density at radius 2 is 1.90 bits per heavy atom. The number of pyridine rings is 1. The zero-order chi connectivity index (χ0) is 15.3. The highest BCUT2D eigenvalue weighted by molar-refractivity contribution is 7.99. The van der Waals surface area contributed by atoms with Crippen molar-refractivity contribution in [1.29, 1.82) is 0 Å². The third-order valence-electron chi connectivity index (χ3n) is 2.57. The van der Waals surface area contributed by atoms with Crippen molar-refractivity contribution in [2.75, 3.05) is 18.1 Å². The summed E-state index contributed by atoms with van der Waals surface area (Å²) in [5, 5.41) is 0.521. The number of nitrogens with two attached hydrogens (primary N) is 1. The predicted octanol–water partition coefficient (Wildman–Crippen LogP) is 3.85. The minimum absolute atomic E-state index is 0.390. The number of benzene rings is 1. The van der Waals surface area contributed by atoms with Gasteiger partial charge in [-0.3, -0.25) is 0 Å². The molecule has 2 aromatic rings. The number of alkyl halides is 3. The molecule has 0 aliphatic heterocycles. The summed E-state index contributed by atoms with van der Waals surface area (Å²) in [5.74, 6) is 1.16. The van der Waals surface area contributed by atoms with Gasteiger partial charge in [0, 0.05) is 11.9 Å². The fourth-order valence-electron chi connectivity index (χ4n) is 1.54. The van der Waals surface area contributed by atoms with Crippen molar-refractivity contribution >= 4 is 17.4 Å². The Morgan fingerprint density at radius 1 is 1.14 bits per heavy atom. The maximum atomic E-state index is 12.4. The Hall–Kier alpha value is -1.89. The summed E-state index contributed by atoms with van der Waals surface area (Å²) in [6.07, 6.45) is -3.53. The summed E-state index contributed by atoms with van der Waals surface area (Å²) >= 11 is 1.32. The minimum Gasteiger partial charge on any atom is -0.491 e. The van der Waals surface area contributed by atoms with E-state index in [9.17, 15) is 13.2 Å². The molecule has 1 heterocycles. The Bertz CT molecular complexity index is 588. The van der Waals surface area contributed by atoms with E-state index >= 15 is 0 Å². The van der Waals surface area contributed by atoms with E-state index in [2.05, 4.69) is 4.98 Å². The second-order valence-corrected chi connectivity index (χ2v) is 5.23. The van der Waals surface area contributed by atoms with E-state index in [1.807, 2.05) is 12.1 Å². The number of hydrogen-bond acceptors (Lipinski definition) is 4. The molecular formula is C14H13F3N2OS. The first kappa shape index (κ1) is 15.5. The summed E-state index contributed by atoms with van der Waals surface area (Å²) in [6.45, 7) is 0.390. The SMILES string of the molecule is Nc1ccccc1OCCSc1ccc(C(F)(F)F)cn1. The molecule has 7 heteroatoms. The molecule has 0 fully saturated rings. The molecule has 0 radical (unpaired) electrons. The number of nitrogen functional groups attached to an aromatic ring is 1. The van der Waals surface area contributed by atoms with Crippen molar-refractivity contribution in [3.63, 3.8) is 0 Å². The zero-order valence-corrected chi connectivity index (χ0v) is 11.7. The van der Waals surface area contributed by atoms with Gasteiger partial charge in [-0.1, -0.05) is 12.1 Å². The van der Waals surface area contributed by atoms with Crippen LogP contribution in [0.5, 0.6) is 5.75 Å². The number of thioether (sulfide) groups is 1. The molecule has 112 valence electrons. The first-order chi connectivity index (χ1) is 9.97. The van der Waals surface area contributed by atoms with E-state index in [4.69, 9.17) is 10.5 Å². The number of ether oxygens (including phenoxy) is 1. The molecule has 0 atom stereocenters.